The van der Waals surface area contributed by atoms with E-state index in [1.165, 1.54) is 20.4 Å². The van der Waals surface area contributed by atoms with E-state index in [4.69, 9.17) is 10.2 Å². The molecule has 106 valence electrons. The summed E-state index contributed by atoms with van der Waals surface area (Å²) in [5.41, 5.74) is -0.237. The number of carbonyl (C=O) groups excluding carboxylic acids is 1. The van der Waals surface area contributed by atoms with Crippen LogP contribution in [0.2, 0.25) is 0 Å². The summed E-state index contributed by atoms with van der Waals surface area (Å²) in [6.07, 6.45) is 0.0855. The van der Waals surface area contributed by atoms with E-state index in [9.17, 15) is 14.7 Å². The Balaban J connectivity index is 3.13. The molecule has 0 saturated heterocycles. The Morgan fingerprint density at radius 3 is 2.68 bits per heavy atom. The van der Waals surface area contributed by atoms with Crippen LogP contribution < -0.4 is 10.2 Å². The fourth-order valence-corrected chi connectivity index (χ4v) is 1.52. The second kappa shape index (κ2) is 6.16. The van der Waals surface area contributed by atoms with E-state index in [-0.39, 0.29) is 18.1 Å². The summed E-state index contributed by atoms with van der Waals surface area (Å²) in [6, 6.07) is -0.518. The SMILES string of the molecule is CNC(=O)N(C)c1ncn(CC(O)CO)c1C(=O)O. The minimum atomic E-state index is -1.28. The Bertz CT molecular complexity index is 472. The van der Waals surface area contributed by atoms with Crippen molar-refractivity contribution in [3.05, 3.63) is 12.0 Å². The molecule has 0 bridgehead atoms. The van der Waals surface area contributed by atoms with Gasteiger partial charge in [-0.05, 0) is 0 Å². The Hall–Kier alpha value is -2.13. The molecule has 0 aliphatic carbocycles. The number of carbonyl (C=O) groups is 2. The number of aromatic nitrogens is 2. The molecule has 0 aromatic carbocycles. The van der Waals surface area contributed by atoms with Gasteiger partial charge < -0.3 is 25.2 Å². The normalized spacial score (nSPS) is 12.0. The molecule has 0 aliphatic rings. The second-order valence-corrected chi connectivity index (χ2v) is 3.82. The van der Waals surface area contributed by atoms with Gasteiger partial charge in [0.05, 0.1) is 25.6 Å². The molecule has 1 aromatic heterocycles. The van der Waals surface area contributed by atoms with Gasteiger partial charge in [-0.3, -0.25) is 4.90 Å². The van der Waals surface area contributed by atoms with Crippen LogP contribution >= 0.6 is 0 Å². The fourth-order valence-electron chi connectivity index (χ4n) is 1.52. The summed E-state index contributed by atoms with van der Waals surface area (Å²) in [5, 5.41) is 29.6. The van der Waals surface area contributed by atoms with E-state index < -0.39 is 24.7 Å². The number of aliphatic hydroxyl groups excluding tert-OH is 2. The number of anilines is 1. The average molecular weight is 272 g/mol. The van der Waals surface area contributed by atoms with E-state index in [1.54, 1.807) is 0 Å². The molecule has 2 amide bonds. The van der Waals surface area contributed by atoms with Crippen LogP contribution in [0.5, 0.6) is 0 Å². The summed E-state index contributed by atoms with van der Waals surface area (Å²) >= 11 is 0. The maximum Gasteiger partial charge on any atom is 0.356 e. The number of amides is 2. The number of urea groups is 1. The largest absolute Gasteiger partial charge is 0.476 e. The van der Waals surface area contributed by atoms with Crippen molar-refractivity contribution in [2.75, 3.05) is 25.6 Å². The first-order valence-corrected chi connectivity index (χ1v) is 5.45. The molecule has 0 radical (unpaired) electrons. The van der Waals surface area contributed by atoms with Crippen molar-refractivity contribution < 1.29 is 24.9 Å². The van der Waals surface area contributed by atoms with Crippen molar-refractivity contribution in [3.8, 4) is 0 Å². The topological polar surface area (TPSA) is 128 Å². The second-order valence-electron chi connectivity index (χ2n) is 3.82. The third-order valence-electron chi connectivity index (χ3n) is 2.48. The van der Waals surface area contributed by atoms with Crippen molar-refractivity contribution in [1.82, 2.24) is 14.9 Å². The highest BCUT2D eigenvalue weighted by molar-refractivity contribution is 5.98. The van der Waals surface area contributed by atoms with Crippen LogP contribution in [0.3, 0.4) is 0 Å². The highest BCUT2D eigenvalue weighted by Crippen LogP contribution is 2.18. The van der Waals surface area contributed by atoms with Crippen LogP contribution in [0, 0.1) is 0 Å². The number of nitrogens with one attached hydrogen (secondary N) is 1. The van der Waals surface area contributed by atoms with Gasteiger partial charge in [-0.1, -0.05) is 0 Å². The molecular weight excluding hydrogens is 256 g/mol. The van der Waals surface area contributed by atoms with Crippen LogP contribution in [0.15, 0.2) is 6.33 Å². The van der Waals surface area contributed by atoms with Gasteiger partial charge in [-0.2, -0.15) is 0 Å². The molecule has 1 aromatic rings. The van der Waals surface area contributed by atoms with Gasteiger partial charge in [0.15, 0.2) is 11.5 Å². The number of aromatic carboxylic acids is 1. The summed E-state index contributed by atoms with van der Waals surface area (Å²) in [7, 11) is 2.78. The van der Waals surface area contributed by atoms with Gasteiger partial charge >= 0.3 is 12.0 Å². The Morgan fingerprint density at radius 1 is 1.58 bits per heavy atom. The molecule has 9 nitrogen and oxygen atoms in total. The molecule has 4 N–H and O–H groups in total. The lowest BCUT2D eigenvalue weighted by molar-refractivity contribution is 0.0656. The third-order valence-corrected chi connectivity index (χ3v) is 2.48. The van der Waals surface area contributed by atoms with Crippen LogP contribution in [-0.2, 0) is 6.54 Å². The number of rotatable bonds is 5. The summed E-state index contributed by atoms with van der Waals surface area (Å²) in [4.78, 5) is 27.6. The lowest BCUT2D eigenvalue weighted by Crippen LogP contribution is -2.36. The van der Waals surface area contributed by atoms with E-state index in [1.807, 2.05) is 0 Å². The number of hydrogen-bond acceptors (Lipinski definition) is 5. The monoisotopic (exact) mass is 272 g/mol. The standard InChI is InChI=1S/C10H16N4O5/c1-11-10(19)13(2)8-7(9(17)18)14(5-12-8)3-6(16)4-15/h5-6,15-16H,3-4H2,1-2H3,(H,11,19)(H,17,18). The summed E-state index contributed by atoms with van der Waals surface area (Å²) in [5.74, 6) is -1.33. The minimum Gasteiger partial charge on any atom is -0.476 e. The van der Waals surface area contributed by atoms with E-state index in [0.29, 0.717) is 0 Å². The summed E-state index contributed by atoms with van der Waals surface area (Å²) in [6.45, 7) is -0.634. The molecule has 0 aliphatic heterocycles. The van der Waals surface area contributed by atoms with E-state index in [0.717, 1.165) is 9.47 Å². The molecule has 1 rings (SSSR count). The lowest BCUT2D eigenvalue weighted by atomic mass is 10.3. The molecule has 0 saturated carbocycles. The Morgan fingerprint density at radius 2 is 2.21 bits per heavy atom. The number of nitrogens with zero attached hydrogens (tertiary/aromatic N) is 3. The van der Waals surface area contributed by atoms with Crippen LogP contribution in [0.25, 0.3) is 0 Å². The molecule has 0 spiro atoms. The average Bonchev–Trinajstić information content (AvgIpc) is 2.80. The molecule has 0 fully saturated rings. The van der Waals surface area contributed by atoms with Gasteiger partial charge in [0.25, 0.3) is 0 Å². The maximum absolute atomic E-state index is 11.5. The molecule has 1 unspecified atom stereocenters. The van der Waals surface area contributed by atoms with Crippen molar-refractivity contribution in [3.63, 3.8) is 0 Å². The van der Waals surface area contributed by atoms with Gasteiger partial charge in [0, 0.05) is 14.1 Å². The zero-order chi connectivity index (χ0) is 14.6. The zero-order valence-electron chi connectivity index (χ0n) is 10.6. The minimum absolute atomic E-state index is 0.0445. The molecule has 19 heavy (non-hydrogen) atoms. The number of carboxylic acids is 1. The number of hydrogen-bond donors (Lipinski definition) is 4. The fraction of sp³-hybridized carbons (Fsp3) is 0.500. The van der Waals surface area contributed by atoms with Crippen molar-refractivity contribution >= 4 is 17.8 Å². The predicted octanol–water partition coefficient (Wildman–Crippen LogP) is -1.29. The van der Waals surface area contributed by atoms with Gasteiger partial charge in [0.2, 0.25) is 0 Å². The van der Waals surface area contributed by atoms with E-state index in [2.05, 4.69) is 10.3 Å². The lowest BCUT2D eigenvalue weighted by Gasteiger charge is -2.15. The molecule has 9 heteroatoms. The van der Waals surface area contributed by atoms with Gasteiger partial charge in [-0.15, -0.1) is 0 Å². The van der Waals surface area contributed by atoms with Crippen LogP contribution in [0.4, 0.5) is 10.6 Å². The Kier molecular flexibility index (Phi) is 4.84. The van der Waals surface area contributed by atoms with Crippen molar-refractivity contribution in [2.24, 2.45) is 0 Å². The number of imidazole rings is 1. The molecular formula is C10H16N4O5. The Labute approximate surface area is 109 Å². The summed E-state index contributed by atoms with van der Waals surface area (Å²) < 4.78 is 1.16. The first-order valence-electron chi connectivity index (χ1n) is 5.45. The smallest absolute Gasteiger partial charge is 0.356 e. The van der Waals surface area contributed by atoms with Gasteiger partial charge in [0.1, 0.15) is 0 Å². The maximum atomic E-state index is 11.5. The van der Waals surface area contributed by atoms with Crippen LogP contribution in [0.1, 0.15) is 10.5 Å². The highest BCUT2D eigenvalue weighted by atomic mass is 16.4. The highest BCUT2D eigenvalue weighted by Gasteiger charge is 2.24. The number of aliphatic hydroxyl groups is 2. The molecule has 1 heterocycles. The van der Waals surface area contributed by atoms with E-state index >= 15 is 0 Å². The van der Waals surface area contributed by atoms with Gasteiger partial charge in [-0.25, -0.2) is 14.6 Å². The molecule has 1 atom stereocenters. The predicted molar refractivity (Wildman–Crippen MR) is 65.1 cm³/mol. The first-order chi connectivity index (χ1) is 8.92. The van der Waals surface area contributed by atoms with Crippen LogP contribution in [-0.4, -0.2) is 63.7 Å². The third kappa shape index (κ3) is 3.20. The zero-order valence-corrected chi connectivity index (χ0v) is 10.6. The first kappa shape index (κ1) is 14.9. The van der Waals surface area contributed by atoms with Crippen molar-refractivity contribution in [1.29, 1.82) is 0 Å². The van der Waals surface area contributed by atoms with Crippen molar-refractivity contribution in [2.45, 2.75) is 12.6 Å². The quantitative estimate of drug-likeness (QED) is 0.528. The number of carboxylic acid groups (broad SMARTS) is 1.